The molecule has 3 aromatic carbocycles. The van der Waals surface area contributed by atoms with Crippen LogP contribution in [0.2, 0.25) is 0 Å². The lowest BCUT2D eigenvalue weighted by Gasteiger charge is -2.13. The summed E-state index contributed by atoms with van der Waals surface area (Å²) in [5, 5.41) is 4.85. The van der Waals surface area contributed by atoms with Gasteiger partial charge in [0.2, 0.25) is 5.91 Å². The minimum Gasteiger partial charge on any atom is -0.323 e. The van der Waals surface area contributed by atoms with Crippen molar-refractivity contribution in [3.8, 4) is 0 Å². The molecule has 29 heavy (non-hydrogen) atoms. The Balaban J connectivity index is 1.57. The Morgan fingerprint density at radius 1 is 0.862 bits per heavy atom. The molecule has 1 unspecified atom stereocenters. The van der Waals surface area contributed by atoms with Crippen molar-refractivity contribution in [2.24, 2.45) is 0 Å². The van der Waals surface area contributed by atoms with Crippen molar-refractivity contribution in [2.75, 3.05) is 10.6 Å². The summed E-state index contributed by atoms with van der Waals surface area (Å²) in [4.78, 5) is 25.3. The van der Waals surface area contributed by atoms with Gasteiger partial charge in [-0.2, -0.15) is 0 Å². The summed E-state index contributed by atoms with van der Waals surface area (Å²) in [5.41, 5.74) is 1.07. The lowest BCUT2D eigenvalue weighted by molar-refractivity contribution is -0.115. The van der Waals surface area contributed by atoms with Gasteiger partial charge in [0.05, 0.1) is 10.9 Å². The number of hydrogen-bond donors (Lipinski definition) is 2. The highest BCUT2D eigenvalue weighted by Crippen LogP contribution is 2.26. The Labute approximate surface area is 171 Å². The standard InChI is InChI=1S/C22H18F2N2O2S/c1-14(21(27)26-20-5-3-2-4-19(20)24)29-18-12-10-17(11-13-18)25-22(28)15-6-8-16(23)9-7-15/h2-14H,1H3,(H,25,28)(H,26,27). The fourth-order valence-corrected chi connectivity index (χ4v) is 3.34. The summed E-state index contributed by atoms with van der Waals surface area (Å²) in [6.07, 6.45) is 0. The third kappa shape index (κ3) is 5.65. The molecule has 0 bridgehead atoms. The fourth-order valence-electron chi connectivity index (χ4n) is 2.48. The molecule has 148 valence electrons. The van der Waals surface area contributed by atoms with Crippen molar-refractivity contribution < 1.29 is 18.4 Å². The quantitative estimate of drug-likeness (QED) is 0.538. The van der Waals surface area contributed by atoms with Gasteiger partial charge in [-0.05, 0) is 67.6 Å². The summed E-state index contributed by atoms with van der Waals surface area (Å²) in [6.45, 7) is 1.73. The van der Waals surface area contributed by atoms with Crippen LogP contribution in [-0.4, -0.2) is 17.1 Å². The van der Waals surface area contributed by atoms with E-state index in [0.29, 0.717) is 11.3 Å². The Hall–Kier alpha value is -3.19. The molecule has 0 heterocycles. The largest absolute Gasteiger partial charge is 0.323 e. The van der Waals surface area contributed by atoms with Crippen LogP contribution in [0, 0.1) is 11.6 Å². The highest BCUT2D eigenvalue weighted by Gasteiger charge is 2.16. The molecule has 0 aromatic heterocycles. The molecule has 2 amide bonds. The first-order valence-corrected chi connectivity index (χ1v) is 9.69. The van der Waals surface area contributed by atoms with E-state index in [1.165, 1.54) is 48.2 Å². The summed E-state index contributed by atoms with van der Waals surface area (Å²) >= 11 is 1.31. The molecule has 2 N–H and O–H groups in total. The zero-order valence-corrected chi connectivity index (χ0v) is 16.3. The summed E-state index contributed by atoms with van der Waals surface area (Å²) < 4.78 is 26.6. The van der Waals surface area contributed by atoms with E-state index in [0.717, 1.165) is 4.90 Å². The number of carbonyl (C=O) groups excluding carboxylic acids is 2. The van der Waals surface area contributed by atoms with Gasteiger partial charge in [-0.3, -0.25) is 9.59 Å². The first-order valence-electron chi connectivity index (χ1n) is 8.81. The molecule has 4 nitrogen and oxygen atoms in total. The van der Waals surface area contributed by atoms with Crippen molar-refractivity contribution in [3.05, 3.63) is 90.0 Å². The maximum atomic E-state index is 13.7. The van der Waals surface area contributed by atoms with Gasteiger partial charge in [0.15, 0.2) is 0 Å². The molecule has 0 saturated heterocycles. The molecule has 0 fully saturated rings. The number of para-hydroxylation sites is 1. The van der Waals surface area contributed by atoms with Gasteiger partial charge in [0.1, 0.15) is 11.6 Å². The molecule has 7 heteroatoms. The zero-order valence-electron chi connectivity index (χ0n) is 15.5. The molecular formula is C22H18F2N2O2S. The van der Waals surface area contributed by atoms with Crippen LogP contribution < -0.4 is 10.6 Å². The molecule has 3 aromatic rings. The van der Waals surface area contributed by atoms with Crippen LogP contribution in [0.4, 0.5) is 20.2 Å². The summed E-state index contributed by atoms with van der Waals surface area (Å²) in [5.74, 6) is -1.55. The predicted molar refractivity (Wildman–Crippen MR) is 111 cm³/mol. The Morgan fingerprint density at radius 3 is 2.17 bits per heavy atom. The summed E-state index contributed by atoms with van der Waals surface area (Å²) in [6, 6.07) is 18.2. The van der Waals surface area contributed by atoms with Crippen molar-refractivity contribution in [1.82, 2.24) is 0 Å². The highest BCUT2D eigenvalue weighted by atomic mass is 32.2. The van der Waals surface area contributed by atoms with E-state index in [9.17, 15) is 18.4 Å². The van der Waals surface area contributed by atoms with Crippen molar-refractivity contribution in [1.29, 1.82) is 0 Å². The van der Waals surface area contributed by atoms with Crippen molar-refractivity contribution in [2.45, 2.75) is 17.1 Å². The average molecular weight is 412 g/mol. The number of amides is 2. The van der Waals surface area contributed by atoms with E-state index in [4.69, 9.17) is 0 Å². The van der Waals surface area contributed by atoms with E-state index in [1.54, 1.807) is 43.3 Å². The molecule has 1 atom stereocenters. The second kappa shape index (κ2) is 9.34. The number of rotatable bonds is 6. The molecule has 0 spiro atoms. The maximum Gasteiger partial charge on any atom is 0.255 e. The minimum absolute atomic E-state index is 0.142. The zero-order chi connectivity index (χ0) is 20.8. The van der Waals surface area contributed by atoms with Crippen LogP contribution in [0.1, 0.15) is 17.3 Å². The molecule has 0 aliphatic carbocycles. The summed E-state index contributed by atoms with van der Waals surface area (Å²) in [7, 11) is 0. The smallest absolute Gasteiger partial charge is 0.255 e. The maximum absolute atomic E-state index is 13.7. The van der Waals surface area contributed by atoms with E-state index in [-0.39, 0.29) is 17.5 Å². The molecule has 0 aliphatic heterocycles. The van der Waals surface area contributed by atoms with Gasteiger partial charge in [-0.25, -0.2) is 8.78 Å². The van der Waals surface area contributed by atoms with Gasteiger partial charge in [0.25, 0.3) is 5.91 Å². The third-order valence-corrected chi connectivity index (χ3v) is 5.14. The second-order valence-electron chi connectivity index (χ2n) is 6.21. The number of nitrogens with one attached hydrogen (secondary N) is 2. The number of carbonyl (C=O) groups is 2. The first kappa shape index (κ1) is 20.5. The van der Waals surface area contributed by atoms with Crippen molar-refractivity contribution in [3.63, 3.8) is 0 Å². The van der Waals surface area contributed by atoms with Gasteiger partial charge in [0, 0.05) is 16.1 Å². The van der Waals surface area contributed by atoms with Crippen LogP contribution in [0.15, 0.2) is 77.7 Å². The van der Waals surface area contributed by atoms with Crippen LogP contribution in [-0.2, 0) is 4.79 Å². The Morgan fingerprint density at radius 2 is 1.52 bits per heavy atom. The molecule has 0 saturated carbocycles. The van der Waals surface area contributed by atoms with Gasteiger partial charge >= 0.3 is 0 Å². The topological polar surface area (TPSA) is 58.2 Å². The fraction of sp³-hybridized carbons (Fsp3) is 0.0909. The molecule has 3 rings (SSSR count). The molecular weight excluding hydrogens is 394 g/mol. The van der Waals surface area contributed by atoms with E-state index in [1.807, 2.05) is 0 Å². The van der Waals surface area contributed by atoms with Crippen LogP contribution >= 0.6 is 11.8 Å². The first-order chi connectivity index (χ1) is 13.9. The lowest BCUT2D eigenvalue weighted by atomic mass is 10.2. The second-order valence-corrected chi connectivity index (χ2v) is 7.63. The van der Waals surface area contributed by atoms with Crippen LogP contribution in [0.25, 0.3) is 0 Å². The monoisotopic (exact) mass is 412 g/mol. The minimum atomic E-state index is -0.487. The average Bonchev–Trinajstić information content (AvgIpc) is 2.71. The van der Waals surface area contributed by atoms with Gasteiger partial charge in [-0.15, -0.1) is 11.8 Å². The normalized spacial score (nSPS) is 11.6. The van der Waals surface area contributed by atoms with Crippen LogP contribution in [0.5, 0.6) is 0 Å². The van der Waals surface area contributed by atoms with Crippen LogP contribution in [0.3, 0.4) is 0 Å². The molecule has 0 aliphatic rings. The SMILES string of the molecule is CC(Sc1ccc(NC(=O)c2ccc(F)cc2)cc1)C(=O)Nc1ccccc1F. The lowest BCUT2D eigenvalue weighted by Crippen LogP contribution is -2.22. The van der Waals surface area contributed by atoms with Crippen molar-refractivity contribution >= 4 is 35.0 Å². The van der Waals surface area contributed by atoms with E-state index < -0.39 is 16.9 Å². The third-order valence-electron chi connectivity index (χ3n) is 4.03. The highest BCUT2D eigenvalue weighted by molar-refractivity contribution is 8.00. The van der Waals surface area contributed by atoms with Gasteiger partial charge < -0.3 is 10.6 Å². The number of anilines is 2. The predicted octanol–water partition coefficient (Wildman–Crippen LogP) is 5.34. The number of halogens is 2. The van der Waals surface area contributed by atoms with Gasteiger partial charge in [-0.1, -0.05) is 12.1 Å². The Bertz CT molecular complexity index is 1010. The Kier molecular flexibility index (Phi) is 6.61. The van der Waals surface area contributed by atoms with E-state index in [2.05, 4.69) is 10.6 Å². The number of hydrogen-bond acceptors (Lipinski definition) is 3. The van der Waals surface area contributed by atoms with E-state index >= 15 is 0 Å². The number of benzene rings is 3. The molecule has 0 radical (unpaired) electrons. The number of thioether (sulfide) groups is 1.